The van der Waals surface area contributed by atoms with Crippen LogP contribution in [0, 0.1) is 11.8 Å². The molecule has 29 heavy (non-hydrogen) atoms. The molecule has 0 aliphatic rings. The topological polar surface area (TPSA) is 64.1 Å². The Bertz CT molecular complexity index is 1210. The van der Waals surface area contributed by atoms with Crippen LogP contribution in [0.4, 0.5) is 14.6 Å². The van der Waals surface area contributed by atoms with Gasteiger partial charge in [0.05, 0.1) is 23.9 Å². The predicted molar refractivity (Wildman–Crippen MR) is 106 cm³/mol. The Balaban J connectivity index is 1.81. The van der Waals surface area contributed by atoms with Crippen LogP contribution in [0.3, 0.4) is 0 Å². The molecule has 2 heterocycles. The molecule has 0 bridgehead atoms. The second-order valence-electron chi connectivity index (χ2n) is 6.24. The number of ether oxygens (including phenoxy) is 1. The number of rotatable bonds is 4. The van der Waals surface area contributed by atoms with Crippen LogP contribution in [0.5, 0.6) is 5.75 Å². The lowest BCUT2D eigenvalue weighted by atomic mass is 10.0. The van der Waals surface area contributed by atoms with Gasteiger partial charge >= 0.3 is 0 Å². The highest BCUT2D eigenvalue weighted by Gasteiger charge is 2.16. The molecule has 0 unspecified atom stereocenters. The second-order valence-corrected chi connectivity index (χ2v) is 6.24. The van der Waals surface area contributed by atoms with Crippen molar-refractivity contribution in [3.05, 3.63) is 84.1 Å². The van der Waals surface area contributed by atoms with E-state index in [0.717, 1.165) is 5.56 Å². The molecule has 0 atom stereocenters. The summed E-state index contributed by atoms with van der Waals surface area (Å²) < 4.78 is 32.3. The van der Waals surface area contributed by atoms with Crippen molar-refractivity contribution < 1.29 is 18.3 Å². The van der Waals surface area contributed by atoms with Crippen molar-refractivity contribution in [1.29, 1.82) is 0 Å². The maximum atomic E-state index is 13.8. The number of pyridine rings is 2. The highest BCUT2D eigenvalue weighted by molar-refractivity contribution is 6.12. The molecule has 0 spiro atoms. The number of anilines is 1. The average Bonchev–Trinajstić information content (AvgIpc) is 2.73. The summed E-state index contributed by atoms with van der Waals surface area (Å²) in [5.74, 6) is -1.01. The third kappa shape index (κ3) is 3.89. The first-order valence-electron chi connectivity index (χ1n) is 8.72. The van der Waals surface area contributed by atoms with E-state index in [4.69, 9.17) is 4.74 Å². The first kappa shape index (κ1) is 18.5. The number of amides is 1. The Morgan fingerprint density at radius 1 is 0.966 bits per heavy atom. The van der Waals surface area contributed by atoms with Crippen molar-refractivity contribution >= 4 is 22.6 Å². The van der Waals surface area contributed by atoms with Gasteiger partial charge in [0.25, 0.3) is 5.91 Å². The van der Waals surface area contributed by atoms with Crippen molar-refractivity contribution in [1.82, 2.24) is 9.97 Å². The molecule has 0 aliphatic carbocycles. The number of aromatic nitrogens is 2. The summed E-state index contributed by atoms with van der Waals surface area (Å²) >= 11 is 0. The van der Waals surface area contributed by atoms with Crippen LogP contribution in [0.1, 0.15) is 10.4 Å². The first-order valence-corrected chi connectivity index (χ1v) is 8.72. The molecule has 1 amide bonds. The molecule has 144 valence electrons. The molecule has 0 saturated heterocycles. The molecule has 4 rings (SSSR count). The third-order valence-electron chi connectivity index (χ3n) is 4.36. The number of carbonyl (C=O) groups is 1. The summed E-state index contributed by atoms with van der Waals surface area (Å²) in [7, 11) is 1.57. The number of methoxy groups -OCH3 is 1. The lowest BCUT2D eigenvalue weighted by Crippen LogP contribution is -2.14. The van der Waals surface area contributed by atoms with Crippen LogP contribution in [-0.2, 0) is 0 Å². The summed E-state index contributed by atoms with van der Waals surface area (Å²) in [6.07, 6.45) is 0. The molecule has 0 saturated carbocycles. The van der Waals surface area contributed by atoms with E-state index in [0.29, 0.717) is 22.3 Å². The SMILES string of the molecule is COc1ccc(-c2cc(C(=O)Nc3cccc(F)n3)c3cc(F)ccc3n2)cc1. The van der Waals surface area contributed by atoms with Gasteiger partial charge in [0.1, 0.15) is 17.4 Å². The summed E-state index contributed by atoms with van der Waals surface area (Å²) in [5, 5.41) is 2.89. The van der Waals surface area contributed by atoms with E-state index in [1.165, 1.54) is 36.4 Å². The zero-order chi connectivity index (χ0) is 20.4. The van der Waals surface area contributed by atoms with Crippen LogP contribution >= 0.6 is 0 Å². The number of nitrogens with one attached hydrogen (secondary N) is 1. The molecule has 5 nitrogen and oxygen atoms in total. The summed E-state index contributed by atoms with van der Waals surface area (Å²) in [5.41, 5.74) is 1.95. The van der Waals surface area contributed by atoms with Crippen LogP contribution < -0.4 is 10.1 Å². The highest BCUT2D eigenvalue weighted by Crippen LogP contribution is 2.27. The fraction of sp³-hybridized carbons (Fsp3) is 0.0455. The smallest absolute Gasteiger partial charge is 0.257 e. The van der Waals surface area contributed by atoms with Crippen molar-refractivity contribution in [3.63, 3.8) is 0 Å². The number of benzene rings is 2. The molecule has 0 fully saturated rings. The Morgan fingerprint density at radius 2 is 1.76 bits per heavy atom. The van der Waals surface area contributed by atoms with Gasteiger partial charge < -0.3 is 10.1 Å². The van der Waals surface area contributed by atoms with E-state index in [1.807, 2.05) is 12.1 Å². The Labute approximate surface area is 165 Å². The van der Waals surface area contributed by atoms with E-state index >= 15 is 0 Å². The normalized spacial score (nSPS) is 10.7. The fourth-order valence-electron chi connectivity index (χ4n) is 2.96. The second kappa shape index (κ2) is 7.63. The molecule has 4 aromatic rings. The number of nitrogens with zero attached hydrogens (tertiary/aromatic N) is 2. The molecule has 0 aliphatic heterocycles. The van der Waals surface area contributed by atoms with Gasteiger partial charge in [-0.3, -0.25) is 4.79 Å². The van der Waals surface area contributed by atoms with Crippen LogP contribution in [0.2, 0.25) is 0 Å². The minimum absolute atomic E-state index is 0.0577. The standard InChI is InChI=1S/C22H15F2N3O2/c1-29-15-8-5-13(6-9-15)19-12-17(16-11-14(23)7-10-18(16)25-19)22(28)27-21-4-2-3-20(24)26-21/h2-12H,1H3,(H,26,27,28). The van der Waals surface area contributed by atoms with Crippen molar-refractivity contribution in [2.75, 3.05) is 12.4 Å². The first-order chi connectivity index (χ1) is 14.0. The number of fused-ring (bicyclic) bond motifs is 1. The average molecular weight is 391 g/mol. The highest BCUT2D eigenvalue weighted by atomic mass is 19.1. The molecular weight excluding hydrogens is 376 g/mol. The van der Waals surface area contributed by atoms with E-state index in [1.54, 1.807) is 25.3 Å². The van der Waals surface area contributed by atoms with Gasteiger partial charge in [-0.15, -0.1) is 0 Å². The van der Waals surface area contributed by atoms with Crippen LogP contribution in [0.25, 0.3) is 22.2 Å². The number of hydrogen-bond acceptors (Lipinski definition) is 4. The maximum absolute atomic E-state index is 13.8. The minimum Gasteiger partial charge on any atom is -0.497 e. The van der Waals surface area contributed by atoms with Gasteiger partial charge in [-0.2, -0.15) is 4.39 Å². The van der Waals surface area contributed by atoms with Gasteiger partial charge in [-0.05, 0) is 60.7 Å². The van der Waals surface area contributed by atoms with Crippen molar-refractivity contribution in [2.24, 2.45) is 0 Å². The van der Waals surface area contributed by atoms with E-state index < -0.39 is 17.7 Å². The zero-order valence-corrected chi connectivity index (χ0v) is 15.3. The number of halogens is 2. The molecule has 2 aromatic heterocycles. The maximum Gasteiger partial charge on any atom is 0.257 e. The number of carbonyl (C=O) groups excluding carboxylic acids is 1. The summed E-state index contributed by atoms with van der Waals surface area (Å²) in [4.78, 5) is 21.1. The lowest BCUT2D eigenvalue weighted by Gasteiger charge is -2.11. The van der Waals surface area contributed by atoms with E-state index in [2.05, 4.69) is 15.3 Å². The molecule has 2 aromatic carbocycles. The summed E-state index contributed by atoms with van der Waals surface area (Å²) in [6.45, 7) is 0. The summed E-state index contributed by atoms with van der Waals surface area (Å²) in [6, 6.07) is 16.9. The largest absolute Gasteiger partial charge is 0.497 e. The lowest BCUT2D eigenvalue weighted by molar-refractivity contribution is 0.102. The van der Waals surface area contributed by atoms with Gasteiger partial charge in [0.15, 0.2) is 0 Å². The van der Waals surface area contributed by atoms with Gasteiger partial charge in [0, 0.05) is 10.9 Å². The monoisotopic (exact) mass is 391 g/mol. The van der Waals surface area contributed by atoms with Gasteiger partial charge in [-0.1, -0.05) is 6.07 Å². The quantitative estimate of drug-likeness (QED) is 0.506. The van der Waals surface area contributed by atoms with E-state index in [9.17, 15) is 13.6 Å². The van der Waals surface area contributed by atoms with Crippen molar-refractivity contribution in [3.8, 4) is 17.0 Å². The molecule has 1 N–H and O–H groups in total. The molecule has 0 radical (unpaired) electrons. The van der Waals surface area contributed by atoms with Crippen LogP contribution in [0.15, 0.2) is 66.7 Å². The van der Waals surface area contributed by atoms with Crippen molar-refractivity contribution in [2.45, 2.75) is 0 Å². The van der Waals surface area contributed by atoms with Gasteiger partial charge in [-0.25, -0.2) is 14.4 Å². The molecular formula is C22H15F2N3O2. The minimum atomic E-state index is -0.715. The Morgan fingerprint density at radius 3 is 2.48 bits per heavy atom. The van der Waals surface area contributed by atoms with Gasteiger partial charge in [0.2, 0.25) is 5.95 Å². The predicted octanol–water partition coefficient (Wildman–Crippen LogP) is 4.84. The van der Waals surface area contributed by atoms with Crippen LogP contribution in [-0.4, -0.2) is 23.0 Å². The number of hydrogen-bond donors (Lipinski definition) is 1. The van der Waals surface area contributed by atoms with E-state index in [-0.39, 0.29) is 11.4 Å². The zero-order valence-electron chi connectivity index (χ0n) is 15.3. The fourth-order valence-corrected chi connectivity index (χ4v) is 2.96. The Hall–Kier alpha value is -3.87. The third-order valence-corrected chi connectivity index (χ3v) is 4.36. The molecule has 7 heteroatoms. The Kier molecular flexibility index (Phi) is 4.87.